The number of ether oxygens (including phenoxy) is 1. The van der Waals surface area contributed by atoms with Crippen molar-refractivity contribution < 1.29 is 4.74 Å². The van der Waals surface area contributed by atoms with Crippen molar-refractivity contribution >= 4 is 0 Å². The van der Waals surface area contributed by atoms with Crippen LogP contribution >= 0.6 is 0 Å². The minimum atomic E-state index is 0.570. The van der Waals surface area contributed by atoms with Crippen LogP contribution in [0.3, 0.4) is 0 Å². The van der Waals surface area contributed by atoms with E-state index in [1.165, 1.54) is 0 Å². The van der Waals surface area contributed by atoms with Crippen LogP contribution < -0.4 is 10.5 Å². The Hall–Kier alpha value is -1.02. The van der Waals surface area contributed by atoms with Gasteiger partial charge in [-0.3, -0.25) is 0 Å². The van der Waals surface area contributed by atoms with Gasteiger partial charge in [0.1, 0.15) is 5.75 Å². The van der Waals surface area contributed by atoms with E-state index in [0.717, 1.165) is 24.3 Å². The minimum Gasteiger partial charge on any atom is -0.493 e. The van der Waals surface area contributed by atoms with E-state index in [9.17, 15) is 0 Å². The van der Waals surface area contributed by atoms with E-state index < -0.39 is 0 Å². The first-order valence-electron chi connectivity index (χ1n) is 5.18. The molecule has 0 aliphatic heterocycles. The number of hydrogen-bond acceptors (Lipinski definition) is 2. The lowest BCUT2D eigenvalue weighted by Gasteiger charge is -2.11. The summed E-state index contributed by atoms with van der Waals surface area (Å²) in [6, 6.07) is 7.97. The van der Waals surface area contributed by atoms with Crippen LogP contribution in [0.4, 0.5) is 0 Å². The zero-order chi connectivity index (χ0) is 10.4. The molecular formula is C12H19NO. The molecule has 0 saturated carbocycles. The molecule has 0 fully saturated rings. The smallest absolute Gasteiger partial charge is 0.119 e. The third-order valence-electron chi connectivity index (χ3n) is 2.37. The molecule has 0 spiro atoms. The molecular weight excluding hydrogens is 174 g/mol. The molecule has 1 unspecified atom stereocenters. The van der Waals surface area contributed by atoms with Gasteiger partial charge in [0.2, 0.25) is 0 Å². The molecule has 1 rings (SSSR count). The lowest BCUT2D eigenvalue weighted by molar-refractivity contribution is 0.256. The minimum absolute atomic E-state index is 0.570. The van der Waals surface area contributed by atoms with Gasteiger partial charge in [-0.25, -0.2) is 0 Å². The monoisotopic (exact) mass is 193 g/mol. The van der Waals surface area contributed by atoms with Crippen molar-refractivity contribution in [3.05, 3.63) is 29.8 Å². The molecule has 0 heterocycles. The van der Waals surface area contributed by atoms with Crippen molar-refractivity contribution in [2.24, 2.45) is 11.7 Å². The van der Waals surface area contributed by atoms with Gasteiger partial charge in [0.15, 0.2) is 0 Å². The molecule has 0 aliphatic rings. The lowest BCUT2D eigenvalue weighted by Crippen LogP contribution is -2.07. The molecule has 2 nitrogen and oxygen atoms in total. The summed E-state index contributed by atoms with van der Waals surface area (Å²) in [4.78, 5) is 0. The zero-order valence-electron chi connectivity index (χ0n) is 8.99. The molecule has 78 valence electrons. The number of rotatable bonds is 5. The van der Waals surface area contributed by atoms with Crippen molar-refractivity contribution in [3.63, 3.8) is 0 Å². The highest BCUT2D eigenvalue weighted by atomic mass is 16.5. The van der Waals surface area contributed by atoms with Gasteiger partial charge >= 0.3 is 0 Å². The van der Waals surface area contributed by atoms with Gasteiger partial charge in [0.05, 0.1) is 6.61 Å². The summed E-state index contributed by atoms with van der Waals surface area (Å²) in [5.74, 6) is 1.53. The van der Waals surface area contributed by atoms with E-state index in [2.05, 4.69) is 13.8 Å². The van der Waals surface area contributed by atoms with Crippen LogP contribution in [0.15, 0.2) is 24.3 Å². The molecule has 2 N–H and O–H groups in total. The highest BCUT2D eigenvalue weighted by Gasteiger charge is 2.00. The Morgan fingerprint density at radius 3 is 2.86 bits per heavy atom. The average Bonchev–Trinajstić information content (AvgIpc) is 2.26. The Kier molecular flexibility index (Phi) is 4.47. The third kappa shape index (κ3) is 3.38. The average molecular weight is 193 g/mol. The van der Waals surface area contributed by atoms with E-state index in [0.29, 0.717) is 12.5 Å². The van der Waals surface area contributed by atoms with Crippen LogP contribution in [0, 0.1) is 5.92 Å². The van der Waals surface area contributed by atoms with E-state index in [4.69, 9.17) is 10.5 Å². The predicted molar refractivity (Wildman–Crippen MR) is 59.3 cm³/mol. The Balaban J connectivity index is 2.50. The molecule has 1 aromatic rings. The highest BCUT2D eigenvalue weighted by Crippen LogP contribution is 2.14. The van der Waals surface area contributed by atoms with Crippen molar-refractivity contribution in [2.45, 2.75) is 26.8 Å². The van der Waals surface area contributed by atoms with Gasteiger partial charge in [0, 0.05) is 6.54 Å². The predicted octanol–water partition coefficient (Wildman–Crippen LogP) is 2.57. The maximum absolute atomic E-state index is 5.65. The summed E-state index contributed by atoms with van der Waals surface area (Å²) in [5.41, 5.74) is 6.66. The van der Waals surface area contributed by atoms with Gasteiger partial charge < -0.3 is 10.5 Å². The van der Waals surface area contributed by atoms with Crippen molar-refractivity contribution in [3.8, 4) is 5.75 Å². The second-order valence-corrected chi connectivity index (χ2v) is 3.68. The van der Waals surface area contributed by atoms with Crippen molar-refractivity contribution in [1.82, 2.24) is 0 Å². The van der Waals surface area contributed by atoms with Gasteiger partial charge in [-0.15, -0.1) is 0 Å². The number of benzene rings is 1. The summed E-state index contributed by atoms with van der Waals surface area (Å²) < 4.78 is 5.65. The lowest BCUT2D eigenvalue weighted by atomic mass is 10.1. The highest BCUT2D eigenvalue weighted by molar-refractivity contribution is 5.28. The first kappa shape index (κ1) is 11.1. The molecule has 0 saturated heterocycles. The largest absolute Gasteiger partial charge is 0.493 e. The van der Waals surface area contributed by atoms with Gasteiger partial charge in [-0.1, -0.05) is 32.4 Å². The van der Waals surface area contributed by atoms with Crippen LogP contribution in [0.5, 0.6) is 5.75 Å². The second-order valence-electron chi connectivity index (χ2n) is 3.68. The van der Waals surface area contributed by atoms with Crippen LogP contribution in [0.2, 0.25) is 0 Å². The Labute approximate surface area is 86.1 Å². The van der Waals surface area contributed by atoms with Crippen LogP contribution in [0.1, 0.15) is 25.8 Å². The zero-order valence-corrected chi connectivity index (χ0v) is 8.99. The summed E-state index contributed by atoms with van der Waals surface area (Å²) in [6.45, 7) is 5.71. The summed E-state index contributed by atoms with van der Waals surface area (Å²) >= 11 is 0. The number of nitrogens with two attached hydrogens (primary N) is 1. The maximum Gasteiger partial charge on any atom is 0.119 e. The summed E-state index contributed by atoms with van der Waals surface area (Å²) in [7, 11) is 0. The van der Waals surface area contributed by atoms with E-state index in [1.54, 1.807) is 0 Å². The molecule has 1 atom stereocenters. The van der Waals surface area contributed by atoms with Crippen LogP contribution in [-0.4, -0.2) is 6.61 Å². The van der Waals surface area contributed by atoms with Crippen molar-refractivity contribution in [2.75, 3.05) is 6.61 Å². The molecule has 0 aliphatic carbocycles. The molecule has 2 heteroatoms. The molecule has 1 aromatic carbocycles. The first-order valence-corrected chi connectivity index (χ1v) is 5.18. The Bertz CT molecular complexity index is 273. The maximum atomic E-state index is 5.65. The van der Waals surface area contributed by atoms with Crippen LogP contribution in [0.25, 0.3) is 0 Å². The topological polar surface area (TPSA) is 35.2 Å². The van der Waals surface area contributed by atoms with Gasteiger partial charge in [0.25, 0.3) is 0 Å². The third-order valence-corrected chi connectivity index (χ3v) is 2.37. The standard InChI is InChI=1S/C12H19NO/c1-3-10(2)9-14-12-6-4-5-11(7-12)8-13/h4-7,10H,3,8-9,13H2,1-2H3. The van der Waals surface area contributed by atoms with Crippen molar-refractivity contribution in [1.29, 1.82) is 0 Å². The van der Waals surface area contributed by atoms with Gasteiger partial charge in [-0.2, -0.15) is 0 Å². The quantitative estimate of drug-likeness (QED) is 0.780. The normalized spacial score (nSPS) is 12.5. The summed E-state index contributed by atoms with van der Waals surface area (Å²) in [5, 5.41) is 0. The first-order chi connectivity index (χ1) is 6.76. The number of hydrogen-bond donors (Lipinski definition) is 1. The Morgan fingerprint density at radius 2 is 2.21 bits per heavy atom. The van der Waals surface area contributed by atoms with E-state index >= 15 is 0 Å². The SMILES string of the molecule is CCC(C)COc1cccc(CN)c1. The fourth-order valence-corrected chi connectivity index (χ4v) is 1.12. The molecule has 0 amide bonds. The molecule has 0 aromatic heterocycles. The fourth-order valence-electron chi connectivity index (χ4n) is 1.12. The van der Waals surface area contributed by atoms with Gasteiger partial charge in [-0.05, 0) is 23.6 Å². The molecule has 0 bridgehead atoms. The van der Waals surface area contributed by atoms with E-state index in [1.807, 2.05) is 24.3 Å². The molecule has 0 radical (unpaired) electrons. The van der Waals surface area contributed by atoms with Crippen LogP contribution in [-0.2, 0) is 6.54 Å². The molecule has 14 heavy (non-hydrogen) atoms. The Morgan fingerprint density at radius 1 is 1.43 bits per heavy atom. The van der Waals surface area contributed by atoms with E-state index in [-0.39, 0.29) is 0 Å². The summed E-state index contributed by atoms with van der Waals surface area (Å²) in [6.07, 6.45) is 1.15. The fraction of sp³-hybridized carbons (Fsp3) is 0.500. The second kappa shape index (κ2) is 5.66.